The van der Waals surface area contributed by atoms with Crippen molar-refractivity contribution in [2.24, 2.45) is 0 Å². The van der Waals surface area contributed by atoms with Gasteiger partial charge in [-0.25, -0.2) is 4.98 Å². The van der Waals surface area contributed by atoms with E-state index in [0.717, 1.165) is 38.0 Å². The molecule has 3 rings (SSSR count). The van der Waals surface area contributed by atoms with Gasteiger partial charge in [-0.2, -0.15) is 17.0 Å². The molecule has 6 nitrogen and oxygen atoms in total. The van der Waals surface area contributed by atoms with E-state index in [1.807, 2.05) is 18.2 Å². The Hall–Kier alpha value is -1.18. The molecule has 2 saturated heterocycles. The van der Waals surface area contributed by atoms with Gasteiger partial charge in [-0.05, 0) is 37.8 Å². The molecule has 22 heavy (non-hydrogen) atoms. The van der Waals surface area contributed by atoms with Gasteiger partial charge in [-0.3, -0.25) is 0 Å². The lowest BCUT2D eigenvalue weighted by atomic mass is 10.1. The van der Waals surface area contributed by atoms with E-state index in [4.69, 9.17) is 0 Å². The highest BCUT2D eigenvalue weighted by Gasteiger charge is 2.35. The van der Waals surface area contributed by atoms with Crippen LogP contribution in [0.3, 0.4) is 0 Å². The second-order valence-corrected chi connectivity index (χ2v) is 8.05. The van der Waals surface area contributed by atoms with E-state index >= 15 is 0 Å². The average molecular weight is 324 g/mol. The topological polar surface area (TPSA) is 56.8 Å². The number of hydrogen-bond acceptors (Lipinski definition) is 4. The average Bonchev–Trinajstić information content (AvgIpc) is 3.10. The molecule has 0 saturated carbocycles. The normalized spacial score (nSPS) is 24.1. The molecular weight excluding hydrogens is 300 g/mol. The van der Waals surface area contributed by atoms with Gasteiger partial charge < -0.3 is 4.90 Å². The van der Waals surface area contributed by atoms with E-state index in [1.165, 1.54) is 0 Å². The van der Waals surface area contributed by atoms with Crippen molar-refractivity contribution in [3.05, 3.63) is 24.4 Å². The first kappa shape index (κ1) is 15.7. The summed E-state index contributed by atoms with van der Waals surface area (Å²) in [5.74, 6) is 0.930. The highest BCUT2D eigenvalue weighted by Crippen LogP contribution is 2.24. The van der Waals surface area contributed by atoms with Crippen molar-refractivity contribution in [3.8, 4) is 0 Å². The van der Waals surface area contributed by atoms with Crippen LogP contribution < -0.4 is 4.90 Å². The van der Waals surface area contributed by atoms with Gasteiger partial charge in [0.1, 0.15) is 5.82 Å². The van der Waals surface area contributed by atoms with Gasteiger partial charge >= 0.3 is 0 Å². The summed E-state index contributed by atoms with van der Waals surface area (Å²) in [4.78, 5) is 6.57. The zero-order valence-electron chi connectivity index (χ0n) is 13.1. The molecule has 1 aromatic heterocycles. The number of rotatable bonds is 4. The molecule has 2 aliphatic rings. The second kappa shape index (κ2) is 6.52. The van der Waals surface area contributed by atoms with Crippen molar-refractivity contribution in [3.63, 3.8) is 0 Å². The second-order valence-electron chi connectivity index (χ2n) is 6.06. The Labute approximate surface area is 132 Å². The standard InChI is InChI=1S/C15H24N4O2S/c1-17(22(20,21)19-11-4-5-12-19)14-7-6-10-18(13-14)15-8-2-3-9-16-15/h2-3,8-9,14H,4-7,10-13H2,1H3/t14-/m0/s1. The van der Waals surface area contributed by atoms with Gasteiger partial charge in [0.2, 0.25) is 0 Å². The van der Waals surface area contributed by atoms with Crippen LogP contribution in [-0.2, 0) is 10.2 Å². The van der Waals surface area contributed by atoms with Crippen molar-refractivity contribution < 1.29 is 8.42 Å². The molecule has 1 atom stereocenters. The molecule has 0 amide bonds. The molecule has 0 N–H and O–H groups in total. The lowest BCUT2D eigenvalue weighted by Gasteiger charge is -2.38. The number of pyridine rings is 1. The zero-order chi connectivity index (χ0) is 15.6. The van der Waals surface area contributed by atoms with Crippen molar-refractivity contribution in [1.82, 2.24) is 13.6 Å². The van der Waals surface area contributed by atoms with Gasteiger partial charge in [0.05, 0.1) is 0 Å². The van der Waals surface area contributed by atoms with Crippen LogP contribution in [-0.4, -0.2) is 61.3 Å². The minimum atomic E-state index is -3.32. The first-order valence-electron chi connectivity index (χ1n) is 7.98. The Bertz CT molecular complexity index is 587. The summed E-state index contributed by atoms with van der Waals surface area (Å²) in [5.41, 5.74) is 0. The number of likely N-dealkylation sites (N-methyl/N-ethyl adjacent to an activating group) is 1. The fourth-order valence-corrected chi connectivity index (χ4v) is 4.92. The SMILES string of the molecule is CN([C@H]1CCCN(c2ccccn2)C1)S(=O)(=O)N1CCCC1. The third-order valence-corrected chi connectivity index (χ3v) is 6.68. The third-order valence-electron chi connectivity index (χ3n) is 4.64. The Morgan fingerprint density at radius 3 is 2.64 bits per heavy atom. The number of aromatic nitrogens is 1. The fourth-order valence-electron chi connectivity index (χ4n) is 3.29. The molecule has 0 bridgehead atoms. The largest absolute Gasteiger partial charge is 0.355 e. The fraction of sp³-hybridized carbons (Fsp3) is 0.667. The van der Waals surface area contributed by atoms with Crippen molar-refractivity contribution in [2.45, 2.75) is 31.7 Å². The summed E-state index contributed by atoms with van der Waals surface area (Å²) in [6.45, 7) is 2.96. The van der Waals surface area contributed by atoms with Crippen LogP contribution in [0.5, 0.6) is 0 Å². The molecule has 1 aromatic rings. The van der Waals surface area contributed by atoms with Crippen LogP contribution in [0.25, 0.3) is 0 Å². The number of piperidine rings is 1. The highest BCUT2D eigenvalue weighted by atomic mass is 32.2. The van der Waals surface area contributed by atoms with Crippen LogP contribution in [0.1, 0.15) is 25.7 Å². The maximum Gasteiger partial charge on any atom is 0.282 e. The molecule has 0 radical (unpaired) electrons. The van der Waals surface area contributed by atoms with Crippen molar-refractivity contribution in [2.75, 3.05) is 38.1 Å². The highest BCUT2D eigenvalue weighted by molar-refractivity contribution is 7.86. The van der Waals surface area contributed by atoms with Crippen LogP contribution in [0.4, 0.5) is 5.82 Å². The van der Waals surface area contributed by atoms with Crippen LogP contribution in [0.2, 0.25) is 0 Å². The van der Waals surface area contributed by atoms with Crippen LogP contribution >= 0.6 is 0 Å². The summed E-state index contributed by atoms with van der Waals surface area (Å²) in [7, 11) is -1.60. The number of anilines is 1. The summed E-state index contributed by atoms with van der Waals surface area (Å²) >= 11 is 0. The Morgan fingerprint density at radius 2 is 1.95 bits per heavy atom. The Morgan fingerprint density at radius 1 is 1.18 bits per heavy atom. The Kier molecular flexibility index (Phi) is 4.65. The van der Waals surface area contributed by atoms with Gasteiger partial charge in [-0.1, -0.05) is 6.07 Å². The van der Waals surface area contributed by atoms with E-state index in [1.54, 1.807) is 21.9 Å². The van der Waals surface area contributed by atoms with Gasteiger partial charge in [0, 0.05) is 45.5 Å². The lowest BCUT2D eigenvalue weighted by molar-refractivity contribution is 0.297. The van der Waals surface area contributed by atoms with E-state index in [0.29, 0.717) is 19.6 Å². The van der Waals surface area contributed by atoms with Gasteiger partial charge in [0.25, 0.3) is 10.2 Å². The predicted octanol–water partition coefficient (Wildman–Crippen LogP) is 1.32. The summed E-state index contributed by atoms with van der Waals surface area (Å²) in [6, 6.07) is 5.87. The quantitative estimate of drug-likeness (QED) is 0.838. The summed E-state index contributed by atoms with van der Waals surface area (Å²) < 4.78 is 28.6. The van der Waals surface area contributed by atoms with Crippen molar-refractivity contribution >= 4 is 16.0 Å². The molecule has 3 heterocycles. The summed E-state index contributed by atoms with van der Waals surface area (Å²) in [5, 5.41) is 0. The Balaban J connectivity index is 1.71. The minimum Gasteiger partial charge on any atom is -0.355 e. The van der Waals surface area contributed by atoms with Crippen molar-refractivity contribution in [1.29, 1.82) is 0 Å². The molecule has 2 aliphatic heterocycles. The third kappa shape index (κ3) is 3.11. The molecular formula is C15H24N4O2S. The molecule has 0 aromatic carbocycles. The molecule has 0 unspecified atom stereocenters. The van der Waals surface area contributed by atoms with E-state index in [-0.39, 0.29) is 6.04 Å². The molecule has 7 heteroatoms. The molecule has 2 fully saturated rings. The van der Waals surface area contributed by atoms with Gasteiger partial charge in [-0.15, -0.1) is 0 Å². The van der Waals surface area contributed by atoms with Gasteiger partial charge in [0.15, 0.2) is 0 Å². The maximum atomic E-state index is 12.7. The van der Waals surface area contributed by atoms with Crippen LogP contribution in [0, 0.1) is 0 Å². The number of nitrogens with zero attached hydrogens (tertiary/aromatic N) is 4. The summed E-state index contributed by atoms with van der Waals surface area (Å²) in [6.07, 6.45) is 5.62. The molecule has 0 aliphatic carbocycles. The lowest BCUT2D eigenvalue weighted by Crippen LogP contribution is -2.52. The minimum absolute atomic E-state index is 0.0151. The van der Waals surface area contributed by atoms with E-state index < -0.39 is 10.2 Å². The number of hydrogen-bond donors (Lipinski definition) is 0. The maximum absolute atomic E-state index is 12.7. The first-order valence-corrected chi connectivity index (χ1v) is 9.38. The molecule has 122 valence electrons. The smallest absolute Gasteiger partial charge is 0.282 e. The van der Waals surface area contributed by atoms with E-state index in [9.17, 15) is 8.42 Å². The molecule has 0 spiro atoms. The van der Waals surface area contributed by atoms with E-state index in [2.05, 4.69) is 9.88 Å². The zero-order valence-corrected chi connectivity index (χ0v) is 13.9. The first-order chi connectivity index (χ1) is 10.6. The monoisotopic (exact) mass is 324 g/mol. The predicted molar refractivity (Wildman–Crippen MR) is 87.0 cm³/mol. The van der Waals surface area contributed by atoms with Crippen LogP contribution in [0.15, 0.2) is 24.4 Å².